The number of hydrogen-bond acceptors (Lipinski definition) is 1. The van der Waals surface area contributed by atoms with Crippen LogP contribution in [0.3, 0.4) is 0 Å². The fraction of sp³-hybridized carbons (Fsp3) is 0.700. The number of rotatable bonds is 4. The van der Waals surface area contributed by atoms with E-state index in [1.165, 1.54) is 18.5 Å². The molecule has 0 fully saturated rings. The highest BCUT2D eigenvalue weighted by atomic mass is 79.9. The summed E-state index contributed by atoms with van der Waals surface area (Å²) < 4.78 is 3.07. The van der Waals surface area contributed by atoms with Gasteiger partial charge in [0.1, 0.15) is 6.20 Å². The molecule has 0 aliphatic carbocycles. The lowest BCUT2D eigenvalue weighted by atomic mass is 10.1. The molecule has 0 saturated carbocycles. The van der Waals surface area contributed by atoms with Gasteiger partial charge in [-0.25, -0.2) is 0 Å². The summed E-state index contributed by atoms with van der Waals surface area (Å²) in [5.41, 5.74) is 1.26. The first kappa shape index (κ1) is 10.8. The Morgan fingerprint density at radius 1 is 1.54 bits per heavy atom. The van der Waals surface area contributed by atoms with E-state index >= 15 is 0 Å². The molecule has 0 amide bonds. The Labute approximate surface area is 88.5 Å². The van der Waals surface area contributed by atoms with Gasteiger partial charge in [-0.05, 0) is 28.3 Å². The fourth-order valence-electron chi connectivity index (χ4n) is 1.36. The highest BCUT2D eigenvalue weighted by molar-refractivity contribution is 9.10. The van der Waals surface area contributed by atoms with Crippen molar-refractivity contribution in [1.82, 2.24) is 9.78 Å². The second-order valence-corrected chi connectivity index (χ2v) is 4.34. The van der Waals surface area contributed by atoms with Gasteiger partial charge < -0.3 is 0 Å². The van der Waals surface area contributed by atoms with E-state index in [9.17, 15) is 0 Å². The van der Waals surface area contributed by atoms with Crippen LogP contribution in [0.2, 0.25) is 0 Å². The largest absolute Gasteiger partial charge is 0.267 e. The summed E-state index contributed by atoms with van der Waals surface area (Å²) in [6, 6.07) is 0. The Bertz CT molecular complexity index is 266. The molecule has 13 heavy (non-hydrogen) atoms. The van der Waals surface area contributed by atoms with Gasteiger partial charge >= 0.3 is 0 Å². The van der Waals surface area contributed by atoms with Crippen LogP contribution in [-0.2, 0) is 6.54 Å². The Balaban J connectivity index is 2.81. The van der Waals surface area contributed by atoms with Crippen LogP contribution in [0.15, 0.2) is 4.47 Å². The lowest BCUT2D eigenvalue weighted by molar-refractivity contribution is 0.534. The lowest BCUT2D eigenvalue weighted by Crippen LogP contribution is -2.06. The molecule has 1 aromatic rings. The highest BCUT2D eigenvalue weighted by Gasteiger charge is 2.11. The summed E-state index contributed by atoms with van der Waals surface area (Å²) in [6.07, 6.45) is 5.34. The van der Waals surface area contributed by atoms with Crippen LogP contribution in [0, 0.1) is 6.20 Å². The molecule has 0 aliphatic heterocycles. The van der Waals surface area contributed by atoms with E-state index < -0.39 is 0 Å². The topological polar surface area (TPSA) is 17.8 Å². The van der Waals surface area contributed by atoms with E-state index in [-0.39, 0.29) is 0 Å². The zero-order valence-electron chi connectivity index (χ0n) is 8.47. The number of hydrogen-bond donors (Lipinski definition) is 0. The summed E-state index contributed by atoms with van der Waals surface area (Å²) in [4.78, 5) is 0. The first-order chi connectivity index (χ1) is 6.16. The molecule has 2 nitrogen and oxygen atoms in total. The summed E-state index contributed by atoms with van der Waals surface area (Å²) in [7, 11) is 0. The molecular weight excluding hydrogens is 228 g/mol. The molecule has 0 unspecified atom stereocenters. The van der Waals surface area contributed by atoms with Crippen molar-refractivity contribution in [2.75, 3.05) is 0 Å². The molecule has 0 N–H and O–H groups in total. The van der Waals surface area contributed by atoms with Crippen molar-refractivity contribution in [2.24, 2.45) is 0 Å². The molecular formula is C10H16BrN2. The minimum atomic E-state index is 0.505. The van der Waals surface area contributed by atoms with Crippen LogP contribution in [-0.4, -0.2) is 9.78 Å². The first-order valence-electron chi connectivity index (χ1n) is 4.80. The number of halogens is 1. The third-order valence-electron chi connectivity index (χ3n) is 2.04. The van der Waals surface area contributed by atoms with Gasteiger partial charge in [0.25, 0.3) is 0 Å². The first-order valence-corrected chi connectivity index (χ1v) is 5.60. The maximum absolute atomic E-state index is 4.22. The Hall–Kier alpha value is -0.310. The van der Waals surface area contributed by atoms with Crippen molar-refractivity contribution in [2.45, 2.75) is 46.1 Å². The molecule has 0 bridgehead atoms. The summed E-state index contributed by atoms with van der Waals surface area (Å²) in [5.74, 6) is 0.505. The molecule has 1 aromatic heterocycles. The third kappa shape index (κ3) is 2.56. The maximum atomic E-state index is 4.22. The molecule has 0 atom stereocenters. The van der Waals surface area contributed by atoms with E-state index in [0.717, 1.165) is 11.0 Å². The molecule has 3 heteroatoms. The van der Waals surface area contributed by atoms with Gasteiger partial charge in [-0.3, -0.25) is 4.68 Å². The number of aryl methyl sites for hydroxylation is 1. The lowest BCUT2D eigenvalue weighted by Gasteiger charge is -2.09. The minimum absolute atomic E-state index is 0.505. The molecule has 1 heterocycles. The summed E-state index contributed by atoms with van der Waals surface area (Å²) >= 11 is 3.47. The highest BCUT2D eigenvalue weighted by Crippen LogP contribution is 2.23. The van der Waals surface area contributed by atoms with Crippen LogP contribution >= 0.6 is 15.9 Å². The van der Waals surface area contributed by atoms with E-state index in [1.807, 2.05) is 0 Å². The molecule has 0 aliphatic rings. The van der Waals surface area contributed by atoms with Gasteiger partial charge in [-0.15, -0.1) is 0 Å². The van der Waals surface area contributed by atoms with Gasteiger partial charge in [0.15, 0.2) is 0 Å². The van der Waals surface area contributed by atoms with Gasteiger partial charge in [-0.1, -0.05) is 27.2 Å². The zero-order chi connectivity index (χ0) is 9.84. The standard InChI is InChI=1S/C10H16BrN2/c1-4-5-6-13-10(8(2)3)9(11)7-12-13/h8H,4-6H2,1-3H3. The van der Waals surface area contributed by atoms with E-state index in [4.69, 9.17) is 0 Å². The SMILES string of the molecule is CCCCn1n[c]c(Br)c1C(C)C. The van der Waals surface area contributed by atoms with Gasteiger partial charge in [0, 0.05) is 6.54 Å². The monoisotopic (exact) mass is 243 g/mol. The summed E-state index contributed by atoms with van der Waals surface area (Å²) in [5, 5.41) is 4.22. The molecule has 0 saturated heterocycles. The molecule has 0 aromatic carbocycles. The van der Waals surface area contributed by atoms with Crippen LogP contribution in [0.4, 0.5) is 0 Å². The van der Waals surface area contributed by atoms with Gasteiger partial charge in [0.2, 0.25) is 0 Å². The van der Waals surface area contributed by atoms with Crippen molar-refractivity contribution in [3.8, 4) is 0 Å². The maximum Gasteiger partial charge on any atom is 0.128 e. The van der Waals surface area contributed by atoms with E-state index in [0.29, 0.717) is 5.92 Å². The van der Waals surface area contributed by atoms with Crippen LogP contribution in [0.25, 0.3) is 0 Å². The van der Waals surface area contributed by atoms with Crippen molar-refractivity contribution >= 4 is 15.9 Å². The second kappa shape index (κ2) is 4.80. The molecule has 1 rings (SSSR count). The number of unbranched alkanes of at least 4 members (excludes halogenated alkanes) is 1. The average molecular weight is 244 g/mol. The van der Waals surface area contributed by atoms with Crippen LogP contribution in [0.1, 0.15) is 45.2 Å². The summed E-state index contributed by atoms with van der Waals surface area (Å²) in [6.45, 7) is 7.56. The number of nitrogens with zero attached hydrogens (tertiary/aromatic N) is 2. The van der Waals surface area contributed by atoms with Crippen molar-refractivity contribution in [1.29, 1.82) is 0 Å². The second-order valence-electron chi connectivity index (χ2n) is 3.54. The Morgan fingerprint density at radius 2 is 2.23 bits per heavy atom. The van der Waals surface area contributed by atoms with Crippen molar-refractivity contribution < 1.29 is 0 Å². The van der Waals surface area contributed by atoms with Gasteiger partial charge in [0.05, 0.1) is 10.2 Å². The molecule has 73 valence electrons. The predicted octanol–water partition coefficient (Wildman–Crippen LogP) is 3.37. The fourth-order valence-corrected chi connectivity index (χ4v) is 2.10. The quantitative estimate of drug-likeness (QED) is 0.793. The van der Waals surface area contributed by atoms with E-state index in [1.54, 1.807) is 0 Å². The predicted molar refractivity (Wildman–Crippen MR) is 57.8 cm³/mol. The molecule has 1 radical (unpaired) electrons. The number of aromatic nitrogens is 2. The van der Waals surface area contributed by atoms with E-state index in [2.05, 4.69) is 52.7 Å². The van der Waals surface area contributed by atoms with Gasteiger partial charge in [-0.2, -0.15) is 5.10 Å². The zero-order valence-corrected chi connectivity index (χ0v) is 10.1. The Kier molecular flexibility index (Phi) is 3.97. The van der Waals surface area contributed by atoms with Crippen molar-refractivity contribution in [3.63, 3.8) is 0 Å². The molecule has 0 spiro atoms. The van der Waals surface area contributed by atoms with Crippen LogP contribution < -0.4 is 0 Å². The third-order valence-corrected chi connectivity index (χ3v) is 2.63. The minimum Gasteiger partial charge on any atom is -0.267 e. The average Bonchev–Trinajstić information content (AvgIpc) is 2.43. The Morgan fingerprint density at radius 3 is 2.77 bits per heavy atom. The smallest absolute Gasteiger partial charge is 0.128 e. The normalized spacial score (nSPS) is 11.2. The van der Waals surface area contributed by atoms with Crippen LogP contribution in [0.5, 0.6) is 0 Å². The van der Waals surface area contributed by atoms with Crippen molar-refractivity contribution in [3.05, 3.63) is 16.4 Å².